The first-order chi connectivity index (χ1) is 9.95. The SMILES string of the molecule is C/C=C/CC/C(C)=C(\C)c1ccc(C[C@H](O)C(C)C)cc1. The van der Waals surface area contributed by atoms with E-state index in [1.54, 1.807) is 0 Å². The highest BCUT2D eigenvalue weighted by Crippen LogP contribution is 2.22. The van der Waals surface area contributed by atoms with Gasteiger partial charge in [0.2, 0.25) is 0 Å². The van der Waals surface area contributed by atoms with Gasteiger partial charge < -0.3 is 5.11 Å². The number of aliphatic hydroxyl groups is 1. The Bertz CT molecular complexity index is 477. The summed E-state index contributed by atoms with van der Waals surface area (Å²) in [6.07, 6.45) is 7.03. The predicted octanol–water partition coefficient (Wildman–Crippen LogP) is 5.40. The van der Waals surface area contributed by atoms with Gasteiger partial charge >= 0.3 is 0 Å². The van der Waals surface area contributed by atoms with E-state index in [4.69, 9.17) is 0 Å². The van der Waals surface area contributed by atoms with E-state index < -0.39 is 0 Å². The summed E-state index contributed by atoms with van der Waals surface area (Å²) in [4.78, 5) is 0. The van der Waals surface area contributed by atoms with Crippen molar-refractivity contribution in [3.8, 4) is 0 Å². The predicted molar refractivity (Wildman–Crippen MR) is 93.3 cm³/mol. The van der Waals surface area contributed by atoms with E-state index in [1.165, 1.54) is 22.3 Å². The summed E-state index contributed by atoms with van der Waals surface area (Å²) in [5.74, 6) is 0.306. The van der Waals surface area contributed by atoms with Gasteiger partial charge in [-0.05, 0) is 62.7 Å². The average molecular weight is 286 g/mol. The van der Waals surface area contributed by atoms with Crippen molar-refractivity contribution < 1.29 is 5.11 Å². The van der Waals surface area contributed by atoms with Crippen molar-refractivity contribution in [2.75, 3.05) is 0 Å². The molecule has 21 heavy (non-hydrogen) atoms. The fourth-order valence-electron chi connectivity index (χ4n) is 2.27. The number of hydrogen-bond donors (Lipinski definition) is 1. The van der Waals surface area contributed by atoms with E-state index >= 15 is 0 Å². The van der Waals surface area contributed by atoms with Gasteiger partial charge in [-0.2, -0.15) is 0 Å². The molecule has 0 saturated carbocycles. The Morgan fingerprint density at radius 2 is 1.76 bits per heavy atom. The van der Waals surface area contributed by atoms with E-state index in [0.717, 1.165) is 19.3 Å². The van der Waals surface area contributed by atoms with Gasteiger partial charge in [0.15, 0.2) is 0 Å². The molecule has 1 heteroatoms. The van der Waals surface area contributed by atoms with Crippen molar-refractivity contribution in [3.63, 3.8) is 0 Å². The van der Waals surface area contributed by atoms with Crippen LogP contribution in [0.5, 0.6) is 0 Å². The highest BCUT2D eigenvalue weighted by molar-refractivity contribution is 5.66. The third-order valence-corrected chi connectivity index (χ3v) is 4.16. The van der Waals surface area contributed by atoms with Crippen LogP contribution >= 0.6 is 0 Å². The van der Waals surface area contributed by atoms with Crippen LogP contribution in [0, 0.1) is 5.92 Å². The van der Waals surface area contributed by atoms with Crippen LogP contribution in [0.3, 0.4) is 0 Å². The van der Waals surface area contributed by atoms with Crippen LogP contribution in [0.15, 0.2) is 42.0 Å². The fraction of sp³-hybridized carbons (Fsp3) is 0.500. The molecule has 0 aromatic heterocycles. The molecule has 0 fully saturated rings. The summed E-state index contributed by atoms with van der Waals surface area (Å²) in [6.45, 7) is 10.6. The van der Waals surface area contributed by atoms with Crippen LogP contribution < -0.4 is 0 Å². The van der Waals surface area contributed by atoms with Crippen LogP contribution in [0.2, 0.25) is 0 Å². The van der Waals surface area contributed by atoms with Crippen molar-refractivity contribution in [2.24, 2.45) is 5.92 Å². The van der Waals surface area contributed by atoms with Gasteiger partial charge in [-0.1, -0.05) is 55.8 Å². The molecule has 0 aliphatic carbocycles. The first-order valence-electron chi connectivity index (χ1n) is 8.00. The molecule has 0 unspecified atom stereocenters. The second-order valence-electron chi connectivity index (χ2n) is 6.23. The molecule has 0 spiro atoms. The maximum absolute atomic E-state index is 9.95. The van der Waals surface area contributed by atoms with Gasteiger partial charge in [-0.15, -0.1) is 0 Å². The smallest absolute Gasteiger partial charge is 0.0603 e. The molecule has 0 amide bonds. The van der Waals surface area contributed by atoms with Crippen LogP contribution in [0.25, 0.3) is 5.57 Å². The Balaban J connectivity index is 2.74. The van der Waals surface area contributed by atoms with Crippen LogP contribution in [-0.4, -0.2) is 11.2 Å². The topological polar surface area (TPSA) is 20.2 Å². The molecule has 1 atom stereocenters. The van der Waals surface area contributed by atoms with Gasteiger partial charge in [0, 0.05) is 0 Å². The zero-order valence-electron chi connectivity index (χ0n) is 14.2. The molecular formula is C20H30O. The lowest BCUT2D eigenvalue weighted by Crippen LogP contribution is -2.17. The quantitative estimate of drug-likeness (QED) is 0.666. The largest absolute Gasteiger partial charge is 0.393 e. The van der Waals surface area contributed by atoms with Crippen molar-refractivity contribution in [1.29, 1.82) is 0 Å². The third-order valence-electron chi connectivity index (χ3n) is 4.16. The molecule has 1 nitrogen and oxygen atoms in total. The maximum Gasteiger partial charge on any atom is 0.0603 e. The van der Waals surface area contributed by atoms with Crippen LogP contribution in [0.4, 0.5) is 0 Å². The molecule has 0 aliphatic heterocycles. The van der Waals surface area contributed by atoms with Crippen molar-refractivity contribution in [1.82, 2.24) is 0 Å². The molecule has 0 saturated heterocycles. The van der Waals surface area contributed by atoms with Crippen molar-refractivity contribution in [2.45, 2.75) is 60.0 Å². The Kier molecular flexibility index (Phi) is 7.45. The lowest BCUT2D eigenvalue weighted by molar-refractivity contribution is 0.126. The molecule has 116 valence electrons. The number of hydrogen-bond acceptors (Lipinski definition) is 1. The van der Waals surface area contributed by atoms with Crippen molar-refractivity contribution >= 4 is 5.57 Å². The van der Waals surface area contributed by atoms with E-state index in [-0.39, 0.29) is 6.10 Å². The number of benzene rings is 1. The second-order valence-corrected chi connectivity index (χ2v) is 6.23. The van der Waals surface area contributed by atoms with Gasteiger partial charge in [-0.25, -0.2) is 0 Å². The molecule has 1 aromatic carbocycles. The number of aliphatic hydroxyl groups excluding tert-OH is 1. The molecule has 0 aliphatic rings. The van der Waals surface area contributed by atoms with Gasteiger partial charge in [0.25, 0.3) is 0 Å². The first kappa shape index (κ1) is 17.7. The molecular weight excluding hydrogens is 256 g/mol. The molecule has 0 bridgehead atoms. The second kappa shape index (κ2) is 8.84. The van der Waals surface area contributed by atoms with Gasteiger partial charge in [0.1, 0.15) is 0 Å². The molecule has 0 radical (unpaired) electrons. The summed E-state index contributed by atoms with van der Waals surface area (Å²) in [5, 5.41) is 9.95. The van der Waals surface area contributed by atoms with E-state index in [0.29, 0.717) is 5.92 Å². The van der Waals surface area contributed by atoms with Crippen LogP contribution in [-0.2, 0) is 6.42 Å². The Hall–Kier alpha value is -1.34. The maximum atomic E-state index is 9.95. The Labute approximate surface area is 130 Å². The summed E-state index contributed by atoms with van der Waals surface area (Å²) >= 11 is 0. The minimum atomic E-state index is -0.255. The highest BCUT2D eigenvalue weighted by Gasteiger charge is 2.10. The number of rotatable bonds is 7. The lowest BCUT2D eigenvalue weighted by Gasteiger charge is -2.15. The standard InChI is InChI=1S/C20H30O/c1-6-7-8-9-16(4)17(5)19-12-10-18(11-13-19)14-20(21)15(2)3/h6-7,10-13,15,20-21H,8-9,14H2,1-5H3/b7-6+,17-16+/t20-/m0/s1. The van der Waals surface area contributed by atoms with E-state index in [1.807, 2.05) is 0 Å². The summed E-state index contributed by atoms with van der Waals surface area (Å²) in [5.41, 5.74) is 5.31. The number of allylic oxidation sites excluding steroid dienone is 4. The fourth-order valence-corrected chi connectivity index (χ4v) is 2.27. The minimum absolute atomic E-state index is 0.255. The van der Waals surface area contributed by atoms with E-state index in [2.05, 4.69) is 71.0 Å². The monoisotopic (exact) mass is 286 g/mol. The Morgan fingerprint density at radius 1 is 1.14 bits per heavy atom. The van der Waals surface area contributed by atoms with Crippen molar-refractivity contribution in [3.05, 3.63) is 53.1 Å². The first-order valence-corrected chi connectivity index (χ1v) is 8.00. The van der Waals surface area contributed by atoms with Crippen LogP contribution in [0.1, 0.15) is 58.6 Å². The van der Waals surface area contributed by atoms with Gasteiger partial charge in [-0.3, -0.25) is 0 Å². The summed E-state index contributed by atoms with van der Waals surface area (Å²) in [6, 6.07) is 8.64. The minimum Gasteiger partial charge on any atom is -0.393 e. The highest BCUT2D eigenvalue weighted by atomic mass is 16.3. The zero-order chi connectivity index (χ0) is 15.8. The molecule has 1 N–H and O–H groups in total. The summed E-state index contributed by atoms with van der Waals surface area (Å²) in [7, 11) is 0. The van der Waals surface area contributed by atoms with E-state index in [9.17, 15) is 5.11 Å². The zero-order valence-corrected chi connectivity index (χ0v) is 14.2. The lowest BCUT2D eigenvalue weighted by atomic mass is 9.95. The van der Waals surface area contributed by atoms with Gasteiger partial charge in [0.05, 0.1) is 6.10 Å². The normalized spacial score (nSPS) is 14.6. The molecule has 0 heterocycles. The molecule has 1 aromatic rings. The Morgan fingerprint density at radius 3 is 2.29 bits per heavy atom. The third kappa shape index (κ3) is 5.89. The molecule has 1 rings (SSSR count). The average Bonchev–Trinajstić information content (AvgIpc) is 2.47. The summed E-state index contributed by atoms with van der Waals surface area (Å²) < 4.78 is 0.